The molecule has 5 nitrogen and oxygen atoms in total. The fraction of sp³-hybridized carbons (Fsp3) is 0.259. The fourth-order valence-corrected chi connectivity index (χ4v) is 5.09. The lowest BCUT2D eigenvalue weighted by Crippen LogP contribution is -2.34. The maximum absolute atomic E-state index is 12.8. The second kappa shape index (κ2) is 10.1. The lowest BCUT2D eigenvalue weighted by molar-refractivity contribution is 0.103. The summed E-state index contributed by atoms with van der Waals surface area (Å²) in [6, 6.07) is 24.5. The Labute approximate surface area is 198 Å². The maximum atomic E-state index is 12.8. The van der Waals surface area contributed by atoms with Gasteiger partial charge in [0.2, 0.25) is 0 Å². The average Bonchev–Trinajstić information content (AvgIpc) is 3.55. The van der Waals surface area contributed by atoms with E-state index in [1.54, 1.807) is 0 Å². The summed E-state index contributed by atoms with van der Waals surface area (Å²) in [5.41, 5.74) is 3.52. The number of rotatable bonds is 7. The molecule has 0 radical (unpaired) electrons. The molecule has 2 aromatic heterocycles. The smallest absolute Gasteiger partial charge is 0.266 e. The Morgan fingerprint density at radius 3 is 2.39 bits per heavy atom. The van der Waals surface area contributed by atoms with E-state index in [1.165, 1.54) is 16.9 Å². The molecule has 0 saturated carbocycles. The van der Waals surface area contributed by atoms with Gasteiger partial charge in [-0.2, -0.15) is 0 Å². The molecule has 1 amide bonds. The number of para-hydroxylation sites is 1. The van der Waals surface area contributed by atoms with E-state index in [0.29, 0.717) is 16.6 Å². The first-order chi connectivity index (χ1) is 16.3. The number of hydrogen-bond donors (Lipinski definition) is 1. The highest BCUT2D eigenvalue weighted by Crippen LogP contribution is 2.33. The number of benzene rings is 2. The SMILES string of the molecule is O=C(Nc1nn(-c2ccccc2)cc1C1CCN(CCc2ccccc2)CC1)c1cccs1. The molecule has 1 saturated heterocycles. The number of amides is 1. The highest BCUT2D eigenvalue weighted by molar-refractivity contribution is 7.12. The topological polar surface area (TPSA) is 50.2 Å². The van der Waals surface area contributed by atoms with Gasteiger partial charge in [0.25, 0.3) is 5.91 Å². The van der Waals surface area contributed by atoms with Crippen molar-refractivity contribution in [1.29, 1.82) is 0 Å². The van der Waals surface area contributed by atoms with Crippen LogP contribution in [0.5, 0.6) is 0 Å². The van der Waals surface area contributed by atoms with Gasteiger partial charge in [0.15, 0.2) is 5.82 Å². The van der Waals surface area contributed by atoms with Crippen LogP contribution in [0.4, 0.5) is 5.82 Å². The van der Waals surface area contributed by atoms with Gasteiger partial charge in [0, 0.05) is 18.3 Å². The van der Waals surface area contributed by atoms with E-state index in [1.807, 2.05) is 52.5 Å². The molecule has 1 aliphatic heterocycles. The first-order valence-electron chi connectivity index (χ1n) is 11.5. The number of piperidine rings is 1. The van der Waals surface area contributed by atoms with Gasteiger partial charge >= 0.3 is 0 Å². The van der Waals surface area contributed by atoms with Crippen LogP contribution in [0.1, 0.15) is 39.6 Å². The van der Waals surface area contributed by atoms with Crippen molar-refractivity contribution in [3.63, 3.8) is 0 Å². The Bertz CT molecular complexity index is 1160. The van der Waals surface area contributed by atoms with Crippen molar-refractivity contribution >= 4 is 23.1 Å². The molecule has 2 aromatic carbocycles. The largest absolute Gasteiger partial charge is 0.304 e. The predicted octanol–water partition coefficient (Wildman–Crippen LogP) is 5.61. The fourth-order valence-electron chi connectivity index (χ4n) is 4.47. The van der Waals surface area contributed by atoms with E-state index in [0.717, 1.165) is 50.1 Å². The van der Waals surface area contributed by atoms with Crippen LogP contribution in [0.15, 0.2) is 84.4 Å². The first-order valence-corrected chi connectivity index (χ1v) is 12.4. The molecule has 5 rings (SSSR count). The van der Waals surface area contributed by atoms with Crippen LogP contribution in [0.2, 0.25) is 0 Å². The van der Waals surface area contributed by atoms with Crippen LogP contribution in [-0.4, -0.2) is 40.2 Å². The molecular weight excluding hydrogens is 428 g/mol. The van der Waals surface area contributed by atoms with Crippen molar-refractivity contribution in [2.75, 3.05) is 25.0 Å². The monoisotopic (exact) mass is 456 g/mol. The summed E-state index contributed by atoms with van der Waals surface area (Å²) in [6.45, 7) is 3.21. The molecule has 0 atom stereocenters. The van der Waals surface area contributed by atoms with E-state index in [2.05, 4.69) is 46.7 Å². The zero-order valence-electron chi connectivity index (χ0n) is 18.6. The summed E-state index contributed by atoms with van der Waals surface area (Å²) < 4.78 is 1.89. The summed E-state index contributed by atoms with van der Waals surface area (Å²) in [7, 11) is 0. The standard InChI is InChI=1S/C27H28N4OS/c32-27(25-12-7-19-33-25)28-26-24(20-31(29-26)23-10-5-2-6-11-23)22-14-17-30(18-15-22)16-13-21-8-3-1-4-9-21/h1-12,19-20,22H,13-18H2,(H,28,29,32). The van der Waals surface area contributed by atoms with Crippen LogP contribution in [0.25, 0.3) is 5.69 Å². The quantitative estimate of drug-likeness (QED) is 0.393. The Balaban J connectivity index is 1.30. The molecular formula is C27H28N4OS. The summed E-state index contributed by atoms with van der Waals surface area (Å²) >= 11 is 1.45. The van der Waals surface area contributed by atoms with Crippen molar-refractivity contribution in [2.24, 2.45) is 0 Å². The van der Waals surface area contributed by atoms with Crippen LogP contribution in [0, 0.1) is 0 Å². The minimum Gasteiger partial charge on any atom is -0.304 e. The number of nitrogens with zero attached hydrogens (tertiary/aromatic N) is 3. The van der Waals surface area contributed by atoms with Crippen molar-refractivity contribution in [3.05, 3.63) is 100 Å². The zero-order valence-corrected chi connectivity index (χ0v) is 19.4. The van der Waals surface area contributed by atoms with Crippen LogP contribution in [-0.2, 0) is 6.42 Å². The number of hydrogen-bond acceptors (Lipinski definition) is 4. The second-order valence-electron chi connectivity index (χ2n) is 8.50. The maximum Gasteiger partial charge on any atom is 0.266 e. The van der Waals surface area contributed by atoms with E-state index in [-0.39, 0.29) is 5.91 Å². The minimum atomic E-state index is -0.0927. The van der Waals surface area contributed by atoms with E-state index < -0.39 is 0 Å². The highest BCUT2D eigenvalue weighted by atomic mass is 32.1. The molecule has 6 heteroatoms. The molecule has 0 unspecified atom stereocenters. The van der Waals surface area contributed by atoms with Gasteiger partial charge in [-0.15, -0.1) is 16.4 Å². The summed E-state index contributed by atoms with van der Waals surface area (Å²) in [6.07, 6.45) is 5.32. The normalized spacial score (nSPS) is 14.9. The third-order valence-electron chi connectivity index (χ3n) is 6.33. The second-order valence-corrected chi connectivity index (χ2v) is 9.44. The number of thiophene rings is 1. The number of carbonyl (C=O) groups is 1. The third kappa shape index (κ3) is 5.24. The molecule has 168 valence electrons. The van der Waals surface area contributed by atoms with Gasteiger partial charge < -0.3 is 10.2 Å². The molecule has 1 N–H and O–H groups in total. The predicted molar refractivity (Wildman–Crippen MR) is 134 cm³/mol. The average molecular weight is 457 g/mol. The number of carbonyl (C=O) groups excluding carboxylic acids is 1. The van der Waals surface area contributed by atoms with E-state index in [4.69, 9.17) is 5.10 Å². The van der Waals surface area contributed by atoms with Crippen molar-refractivity contribution in [1.82, 2.24) is 14.7 Å². The minimum absolute atomic E-state index is 0.0927. The Morgan fingerprint density at radius 1 is 0.970 bits per heavy atom. The molecule has 1 aliphatic rings. The van der Waals surface area contributed by atoms with Gasteiger partial charge in [-0.05, 0) is 67.4 Å². The molecule has 1 fully saturated rings. The lowest BCUT2D eigenvalue weighted by Gasteiger charge is -2.32. The first kappa shape index (κ1) is 21.6. The summed E-state index contributed by atoms with van der Waals surface area (Å²) in [5, 5.41) is 9.78. The number of likely N-dealkylation sites (tertiary alicyclic amines) is 1. The van der Waals surface area contributed by atoms with Crippen molar-refractivity contribution < 1.29 is 4.79 Å². The lowest BCUT2D eigenvalue weighted by atomic mass is 9.90. The summed E-state index contributed by atoms with van der Waals surface area (Å²) in [4.78, 5) is 16.0. The van der Waals surface area contributed by atoms with Crippen LogP contribution >= 0.6 is 11.3 Å². The van der Waals surface area contributed by atoms with Crippen molar-refractivity contribution in [3.8, 4) is 5.69 Å². The third-order valence-corrected chi connectivity index (χ3v) is 7.20. The zero-order chi connectivity index (χ0) is 22.5. The number of aromatic nitrogens is 2. The number of nitrogens with one attached hydrogen (secondary N) is 1. The summed E-state index contributed by atoms with van der Waals surface area (Å²) in [5.74, 6) is 0.971. The van der Waals surface area contributed by atoms with Gasteiger partial charge in [0.1, 0.15) is 0 Å². The van der Waals surface area contributed by atoms with Crippen LogP contribution in [0.3, 0.4) is 0 Å². The van der Waals surface area contributed by atoms with Gasteiger partial charge in [-0.1, -0.05) is 54.6 Å². The van der Waals surface area contributed by atoms with Crippen molar-refractivity contribution in [2.45, 2.75) is 25.2 Å². The number of anilines is 1. The van der Waals surface area contributed by atoms with E-state index >= 15 is 0 Å². The molecule has 33 heavy (non-hydrogen) atoms. The molecule has 0 aliphatic carbocycles. The van der Waals surface area contributed by atoms with Gasteiger partial charge in [-0.25, -0.2) is 4.68 Å². The molecule has 0 bridgehead atoms. The Hall–Kier alpha value is -3.22. The molecule has 4 aromatic rings. The Kier molecular flexibility index (Phi) is 6.65. The van der Waals surface area contributed by atoms with Gasteiger partial charge in [-0.3, -0.25) is 4.79 Å². The highest BCUT2D eigenvalue weighted by Gasteiger charge is 2.26. The molecule has 3 heterocycles. The van der Waals surface area contributed by atoms with Gasteiger partial charge in [0.05, 0.1) is 10.6 Å². The Morgan fingerprint density at radius 2 is 1.70 bits per heavy atom. The van der Waals surface area contributed by atoms with Crippen LogP contribution < -0.4 is 5.32 Å². The molecule has 0 spiro atoms. The van der Waals surface area contributed by atoms with E-state index in [9.17, 15) is 4.79 Å².